The molecule has 0 fully saturated rings. The predicted molar refractivity (Wildman–Crippen MR) is 73.5 cm³/mol. The second-order valence-electron chi connectivity index (χ2n) is 4.08. The van der Waals surface area contributed by atoms with Crippen LogP contribution in [0.25, 0.3) is 0 Å². The van der Waals surface area contributed by atoms with Crippen molar-refractivity contribution in [3.63, 3.8) is 0 Å². The number of nitrogens with zero attached hydrogens (tertiary/aromatic N) is 3. The third-order valence-corrected chi connectivity index (χ3v) is 2.58. The van der Waals surface area contributed by atoms with Crippen molar-refractivity contribution in [1.82, 2.24) is 20.2 Å². The Morgan fingerprint density at radius 2 is 2.20 bits per heavy atom. The number of likely N-dealkylation sites (N-methyl/N-ethyl adjacent to an activating group) is 1. The van der Waals surface area contributed by atoms with Crippen LogP contribution in [0.5, 0.6) is 0 Å². The Labute approximate surface area is 122 Å². The number of hydrogen-bond acceptors (Lipinski definition) is 5. The van der Waals surface area contributed by atoms with Crippen molar-refractivity contribution in [1.29, 1.82) is 0 Å². The van der Waals surface area contributed by atoms with E-state index in [2.05, 4.69) is 15.3 Å². The molecule has 0 aliphatic heterocycles. The summed E-state index contributed by atoms with van der Waals surface area (Å²) < 4.78 is 4.87. The molecule has 2 amide bonds. The van der Waals surface area contributed by atoms with Gasteiger partial charge in [0.1, 0.15) is 10.8 Å². The molecule has 0 aromatic carbocycles. The van der Waals surface area contributed by atoms with Crippen molar-refractivity contribution < 1.29 is 14.3 Å². The van der Waals surface area contributed by atoms with Crippen LogP contribution in [0, 0.1) is 0 Å². The van der Waals surface area contributed by atoms with Crippen LogP contribution in [-0.2, 0) is 9.53 Å². The fourth-order valence-corrected chi connectivity index (χ4v) is 1.58. The Morgan fingerprint density at radius 1 is 1.45 bits per heavy atom. The van der Waals surface area contributed by atoms with Crippen LogP contribution in [0.2, 0.25) is 5.15 Å². The van der Waals surface area contributed by atoms with Gasteiger partial charge in [0.05, 0.1) is 18.9 Å². The van der Waals surface area contributed by atoms with E-state index in [0.717, 1.165) is 6.42 Å². The lowest BCUT2D eigenvalue weighted by atomic mass is 10.3. The van der Waals surface area contributed by atoms with Crippen LogP contribution in [-0.4, -0.2) is 60.5 Å². The summed E-state index contributed by atoms with van der Waals surface area (Å²) in [6, 6.07) is 0. The van der Waals surface area contributed by atoms with Gasteiger partial charge in [0.15, 0.2) is 0 Å². The quantitative estimate of drug-likeness (QED) is 0.735. The molecule has 0 saturated carbocycles. The molecule has 0 aliphatic carbocycles. The molecule has 0 unspecified atom stereocenters. The van der Waals surface area contributed by atoms with Gasteiger partial charge >= 0.3 is 0 Å². The van der Waals surface area contributed by atoms with E-state index in [-0.39, 0.29) is 23.3 Å². The first-order valence-electron chi connectivity index (χ1n) is 6.03. The van der Waals surface area contributed by atoms with E-state index in [1.807, 2.05) is 0 Å². The molecule has 1 aromatic rings. The molecule has 1 rings (SSSR count). The zero-order valence-electron chi connectivity index (χ0n) is 11.4. The van der Waals surface area contributed by atoms with Gasteiger partial charge in [0.25, 0.3) is 5.91 Å². The fraction of sp³-hybridized carbons (Fsp3) is 0.500. The van der Waals surface area contributed by atoms with Gasteiger partial charge in [-0.2, -0.15) is 0 Å². The van der Waals surface area contributed by atoms with Gasteiger partial charge in [-0.15, -0.1) is 0 Å². The molecule has 0 spiro atoms. The normalized spacial score (nSPS) is 10.2. The molecule has 110 valence electrons. The molecule has 20 heavy (non-hydrogen) atoms. The van der Waals surface area contributed by atoms with Gasteiger partial charge in [-0.25, -0.2) is 4.98 Å². The van der Waals surface area contributed by atoms with E-state index in [0.29, 0.717) is 13.2 Å². The molecule has 1 aromatic heterocycles. The number of methoxy groups -OCH3 is 1. The van der Waals surface area contributed by atoms with E-state index < -0.39 is 5.91 Å². The number of ether oxygens (including phenoxy) is 1. The summed E-state index contributed by atoms with van der Waals surface area (Å²) in [5.41, 5.74) is 0.104. The summed E-state index contributed by atoms with van der Waals surface area (Å²) in [6.07, 6.45) is 3.36. The van der Waals surface area contributed by atoms with Crippen molar-refractivity contribution in [3.8, 4) is 0 Å². The topological polar surface area (TPSA) is 84.4 Å². The highest BCUT2D eigenvalue weighted by molar-refractivity contribution is 6.29. The summed E-state index contributed by atoms with van der Waals surface area (Å²) in [5.74, 6) is -0.654. The van der Waals surface area contributed by atoms with Crippen molar-refractivity contribution in [3.05, 3.63) is 23.2 Å². The molecular formula is C12H17ClN4O3. The Morgan fingerprint density at radius 3 is 2.85 bits per heavy atom. The fourth-order valence-electron chi connectivity index (χ4n) is 1.43. The summed E-state index contributed by atoms with van der Waals surface area (Å²) in [7, 11) is 3.11. The minimum atomic E-state index is -0.410. The van der Waals surface area contributed by atoms with Crippen LogP contribution < -0.4 is 5.32 Å². The first-order chi connectivity index (χ1) is 9.54. The first kappa shape index (κ1) is 16.3. The maximum Gasteiger partial charge on any atom is 0.274 e. The zero-order valence-corrected chi connectivity index (χ0v) is 12.2. The lowest BCUT2D eigenvalue weighted by molar-refractivity contribution is -0.121. The molecule has 0 atom stereocenters. The van der Waals surface area contributed by atoms with Crippen LogP contribution in [0.15, 0.2) is 12.4 Å². The smallest absolute Gasteiger partial charge is 0.274 e. The summed E-state index contributed by atoms with van der Waals surface area (Å²) in [5, 5.41) is 2.82. The Balaban J connectivity index is 2.43. The van der Waals surface area contributed by atoms with Crippen LogP contribution >= 0.6 is 11.6 Å². The van der Waals surface area contributed by atoms with E-state index >= 15 is 0 Å². The number of carbonyl (C=O) groups is 2. The number of hydrogen-bond donors (Lipinski definition) is 1. The zero-order chi connectivity index (χ0) is 15.0. The summed E-state index contributed by atoms with van der Waals surface area (Å²) in [6.45, 7) is 1.03. The molecule has 8 heteroatoms. The highest BCUT2D eigenvalue weighted by Crippen LogP contribution is 2.04. The first-order valence-corrected chi connectivity index (χ1v) is 6.41. The number of rotatable bonds is 7. The van der Waals surface area contributed by atoms with Gasteiger partial charge in [-0.3, -0.25) is 14.6 Å². The van der Waals surface area contributed by atoms with Gasteiger partial charge in [0, 0.05) is 27.3 Å². The van der Waals surface area contributed by atoms with E-state index in [9.17, 15) is 9.59 Å². The monoisotopic (exact) mass is 300 g/mol. The molecule has 0 bridgehead atoms. The third kappa shape index (κ3) is 5.50. The van der Waals surface area contributed by atoms with Gasteiger partial charge in [0.2, 0.25) is 5.91 Å². The summed E-state index contributed by atoms with van der Waals surface area (Å²) >= 11 is 5.66. The standard InChI is InChI=1S/C12H17ClN4O3/c1-17(8-11(18)15-4-3-5-20-2)12(19)9-6-14-7-10(13)16-9/h6-7H,3-5,8H2,1-2H3,(H,15,18). The molecule has 7 nitrogen and oxygen atoms in total. The SMILES string of the molecule is COCCCNC(=O)CN(C)C(=O)c1cncc(Cl)n1. The van der Waals surface area contributed by atoms with Gasteiger partial charge in [-0.05, 0) is 6.42 Å². The number of halogens is 1. The number of nitrogens with one attached hydrogen (secondary N) is 1. The lowest BCUT2D eigenvalue weighted by Crippen LogP contribution is -2.39. The Bertz CT molecular complexity index is 470. The second-order valence-corrected chi connectivity index (χ2v) is 4.47. The molecular weight excluding hydrogens is 284 g/mol. The molecule has 1 heterocycles. The third-order valence-electron chi connectivity index (χ3n) is 2.40. The maximum atomic E-state index is 12.0. The van der Waals surface area contributed by atoms with Gasteiger partial charge < -0.3 is 15.0 Å². The van der Waals surface area contributed by atoms with Gasteiger partial charge in [-0.1, -0.05) is 11.6 Å². The van der Waals surface area contributed by atoms with Crippen molar-refractivity contribution in [2.24, 2.45) is 0 Å². The highest BCUT2D eigenvalue weighted by Gasteiger charge is 2.16. The average Bonchev–Trinajstić information content (AvgIpc) is 2.42. The van der Waals surface area contributed by atoms with Crippen LogP contribution in [0.1, 0.15) is 16.9 Å². The number of amides is 2. The average molecular weight is 301 g/mol. The Hall–Kier alpha value is -1.73. The van der Waals surface area contributed by atoms with E-state index in [1.165, 1.54) is 24.3 Å². The Kier molecular flexibility index (Phi) is 6.89. The lowest BCUT2D eigenvalue weighted by Gasteiger charge is -2.16. The van der Waals surface area contributed by atoms with Crippen molar-refractivity contribution in [2.75, 3.05) is 33.9 Å². The minimum Gasteiger partial charge on any atom is -0.385 e. The van der Waals surface area contributed by atoms with E-state index in [1.54, 1.807) is 7.11 Å². The predicted octanol–water partition coefficient (Wildman–Crippen LogP) is 0.355. The molecule has 1 N–H and O–H groups in total. The number of carbonyl (C=O) groups excluding carboxylic acids is 2. The van der Waals surface area contributed by atoms with Crippen LogP contribution in [0.4, 0.5) is 0 Å². The number of aromatic nitrogens is 2. The largest absolute Gasteiger partial charge is 0.385 e. The molecule has 0 radical (unpaired) electrons. The summed E-state index contributed by atoms with van der Waals surface area (Å²) in [4.78, 5) is 32.5. The van der Waals surface area contributed by atoms with Crippen LogP contribution in [0.3, 0.4) is 0 Å². The highest BCUT2D eigenvalue weighted by atomic mass is 35.5. The van der Waals surface area contributed by atoms with Crippen molar-refractivity contribution >= 4 is 23.4 Å². The molecule has 0 saturated heterocycles. The van der Waals surface area contributed by atoms with Crippen molar-refractivity contribution in [2.45, 2.75) is 6.42 Å². The second kappa shape index (κ2) is 8.44. The molecule has 0 aliphatic rings. The maximum absolute atomic E-state index is 12.0. The van der Waals surface area contributed by atoms with E-state index in [4.69, 9.17) is 16.3 Å². The minimum absolute atomic E-state index is 0.0555.